The normalized spacial score (nSPS) is 9.61. The first-order chi connectivity index (χ1) is 8.63. The van der Waals surface area contributed by atoms with Crippen LogP contribution in [0.25, 0.3) is 0 Å². The minimum atomic E-state index is -0.258. The summed E-state index contributed by atoms with van der Waals surface area (Å²) in [4.78, 5) is 11.5. The van der Waals surface area contributed by atoms with Crippen LogP contribution in [0.15, 0.2) is 18.2 Å². The topological polar surface area (TPSA) is 64.9 Å². The van der Waals surface area contributed by atoms with Gasteiger partial charge in [0.05, 0.1) is 6.07 Å². The maximum atomic E-state index is 11.5. The van der Waals surface area contributed by atoms with Gasteiger partial charge < -0.3 is 10.6 Å². The molecule has 2 N–H and O–H groups in total. The molecular formula is C13H16ClN3O. The summed E-state index contributed by atoms with van der Waals surface area (Å²) in [5.41, 5.74) is 1.64. The lowest BCUT2D eigenvalue weighted by molar-refractivity contribution is 0.252. The van der Waals surface area contributed by atoms with Gasteiger partial charge in [-0.15, -0.1) is 0 Å². The molecule has 5 heteroatoms. The Kier molecular flexibility index (Phi) is 6.03. The summed E-state index contributed by atoms with van der Waals surface area (Å²) < 4.78 is 0. The first-order valence-electron chi connectivity index (χ1n) is 5.81. The average Bonchev–Trinajstić information content (AvgIpc) is 2.34. The molecule has 1 aromatic carbocycles. The van der Waals surface area contributed by atoms with E-state index in [0.717, 1.165) is 18.4 Å². The SMILES string of the molecule is Cc1ccc(NC(=O)NCCCCC#N)cc1Cl. The van der Waals surface area contributed by atoms with Gasteiger partial charge in [0.2, 0.25) is 0 Å². The fourth-order valence-electron chi connectivity index (χ4n) is 1.38. The van der Waals surface area contributed by atoms with Crippen LogP contribution in [0.5, 0.6) is 0 Å². The van der Waals surface area contributed by atoms with Gasteiger partial charge >= 0.3 is 6.03 Å². The van der Waals surface area contributed by atoms with Crippen LogP contribution in [0, 0.1) is 18.3 Å². The molecule has 0 unspecified atom stereocenters. The van der Waals surface area contributed by atoms with Crippen LogP contribution in [0.4, 0.5) is 10.5 Å². The Hall–Kier alpha value is -1.73. The smallest absolute Gasteiger partial charge is 0.319 e. The van der Waals surface area contributed by atoms with E-state index in [1.165, 1.54) is 0 Å². The van der Waals surface area contributed by atoms with Crippen LogP contribution in [0.3, 0.4) is 0 Å². The molecule has 0 aliphatic carbocycles. The maximum absolute atomic E-state index is 11.5. The number of halogens is 1. The van der Waals surface area contributed by atoms with Crippen molar-refractivity contribution in [2.24, 2.45) is 0 Å². The number of unbranched alkanes of at least 4 members (excludes halogenated alkanes) is 2. The Morgan fingerprint density at radius 3 is 2.89 bits per heavy atom. The van der Waals surface area contributed by atoms with Crippen LogP contribution in [0.2, 0.25) is 5.02 Å². The fraction of sp³-hybridized carbons (Fsp3) is 0.385. The van der Waals surface area contributed by atoms with Gasteiger partial charge in [0.1, 0.15) is 0 Å². The molecule has 1 rings (SSSR count). The molecule has 0 aliphatic rings. The number of hydrogen-bond acceptors (Lipinski definition) is 2. The first-order valence-corrected chi connectivity index (χ1v) is 6.19. The average molecular weight is 266 g/mol. The number of nitrogens with one attached hydrogen (secondary N) is 2. The fourth-order valence-corrected chi connectivity index (χ4v) is 1.56. The van der Waals surface area contributed by atoms with Crippen molar-refractivity contribution in [3.05, 3.63) is 28.8 Å². The minimum Gasteiger partial charge on any atom is -0.338 e. The second-order valence-corrected chi connectivity index (χ2v) is 4.37. The number of urea groups is 1. The summed E-state index contributed by atoms with van der Waals surface area (Å²) in [5.74, 6) is 0. The molecule has 0 atom stereocenters. The zero-order valence-corrected chi connectivity index (χ0v) is 11.0. The van der Waals surface area contributed by atoms with Crippen LogP contribution >= 0.6 is 11.6 Å². The summed E-state index contributed by atoms with van der Waals surface area (Å²) in [7, 11) is 0. The number of benzene rings is 1. The second-order valence-electron chi connectivity index (χ2n) is 3.96. The van der Waals surface area contributed by atoms with E-state index in [9.17, 15) is 4.79 Å². The Morgan fingerprint density at radius 2 is 2.22 bits per heavy atom. The van der Waals surface area contributed by atoms with Crippen molar-refractivity contribution in [1.82, 2.24) is 5.32 Å². The van der Waals surface area contributed by atoms with Gasteiger partial charge in [-0.3, -0.25) is 0 Å². The number of carbonyl (C=O) groups is 1. The molecule has 0 heterocycles. The number of anilines is 1. The molecule has 2 amide bonds. The summed E-state index contributed by atoms with van der Waals surface area (Å²) in [6.45, 7) is 2.47. The Morgan fingerprint density at radius 1 is 1.44 bits per heavy atom. The van der Waals surface area contributed by atoms with E-state index in [0.29, 0.717) is 23.7 Å². The van der Waals surface area contributed by atoms with Crippen molar-refractivity contribution in [3.8, 4) is 6.07 Å². The first kappa shape index (κ1) is 14.3. The summed E-state index contributed by atoms with van der Waals surface area (Å²) in [6.07, 6.45) is 2.12. The van der Waals surface area contributed by atoms with Gasteiger partial charge in [-0.2, -0.15) is 5.26 Å². The van der Waals surface area contributed by atoms with E-state index in [4.69, 9.17) is 16.9 Å². The molecule has 0 bridgehead atoms. The van der Waals surface area contributed by atoms with Crippen molar-refractivity contribution < 1.29 is 4.79 Å². The number of nitrogens with zero attached hydrogens (tertiary/aromatic N) is 1. The Labute approximate surface area is 112 Å². The number of nitriles is 1. The van der Waals surface area contributed by atoms with Gasteiger partial charge in [-0.1, -0.05) is 17.7 Å². The van der Waals surface area contributed by atoms with Crippen molar-refractivity contribution in [2.75, 3.05) is 11.9 Å². The zero-order valence-electron chi connectivity index (χ0n) is 10.3. The van der Waals surface area contributed by atoms with E-state index in [2.05, 4.69) is 16.7 Å². The highest BCUT2D eigenvalue weighted by Gasteiger charge is 2.02. The highest BCUT2D eigenvalue weighted by Crippen LogP contribution is 2.19. The molecule has 0 aliphatic heterocycles. The molecular weight excluding hydrogens is 250 g/mol. The molecule has 4 nitrogen and oxygen atoms in total. The Bertz CT molecular complexity index is 454. The quantitative estimate of drug-likeness (QED) is 0.801. The predicted octanol–water partition coefficient (Wildman–Crippen LogP) is 3.46. The van der Waals surface area contributed by atoms with E-state index < -0.39 is 0 Å². The third-order valence-electron chi connectivity index (χ3n) is 2.43. The van der Waals surface area contributed by atoms with Gasteiger partial charge in [0.25, 0.3) is 0 Å². The van der Waals surface area contributed by atoms with Gasteiger partial charge in [-0.25, -0.2) is 4.79 Å². The molecule has 0 saturated carbocycles. The minimum absolute atomic E-state index is 0.258. The van der Waals surface area contributed by atoms with E-state index in [-0.39, 0.29) is 6.03 Å². The molecule has 96 valence electrons. The highest BCUT2D eigenvalue weighted by molar-refractivity contribution is 6.31. The standard InChI is InChI=1S/C13H16ClN3O/c1-10-5-6-11(9-12(10)14)17-13(18)16-8-4-2-3-7-15/h5-6,9H,2-4,8H2,1H3,(H2,16,17,18). The third kappa shape index (κ3) is 5.07. The van der Waals surface area contributed by atoms with Crippen LogP contribution < -0.4 is 10.6 Å². The number of rotatable bonds is 5. The third-order valence-corrected chi connectivity index (χ3v) is 2.84. The number of carbonyl (C=O) groups excluding carboxylic acids is 1. The van der Waals surface area contributed by atoms with Crippen LogP contribution in [0.1, 0.15) is 24.8 Å². The van der Waals surface area contributed by atoms with Crippen LogP contribution in [-0.2, 0) is 0 Å². The lowest BCUT2D eigenvalue weighted by atomic mass is 10.2. The predicted molar refractivity (Wildman–Crippen MR) is 72.7 cm³/mol. The van der Waals surface area contributed by atoms with Gasteiger partial charge in [0, 0.05) is 23.7 Å². The number of hydrogen-bond donors (Lipinski definition) is 2. The second kappa shape index (κ2) is 7.57. The van der Waals surface area contributed by atoms with Crippen molar-refractivity contribution in [3.63, 3.8) is 0 Å². The monoisotopic (exact) mass is 265 g/mol. The molecule has 0 aromatic heterocycles. The summed E-state index contributed by atoms with van der Waals surface area (Å²) in [5, 5.41) is 14.4. The molecule has 0 saturated heterocycles. The Balaban J connectivity index is 2.31. The van der Waals surface area contributed by atoms with Crippen molar-refractivity contribution >= 4 is 23.3 Å². The lowest BCUT2D eigenvalue weighted by Crippen LogP contribution is -2.29. The zero-order chi connectivity index (χ0) is 13.4. The van der Waals surface area contributed by atoms with E-state index in [1.54, 1.807) is 12.1 Å². The molecule has 0 fully saturated rings. The number of aryl methyl sites for hydroxylation is 1. The lowest BCUT2D eigenvalue weighted by Gasteiger charge is -2.08. The summed E-state index contributed by atoms with van der Waals surface area (Å²) >= 11 is 5.96. The van der Waals surface area contributed by atoms with Crippen molar-refractivity contribution in [1.29, 1.82) is 5.26 Å². The summed E-state index contributed by atoms with van der Waals surface area (Å²) in [6, 6.07) is 7.18. The van der Waals surface area contributed by atoms with Crippen molar-refractivity contribution in [2.45, 2.75) is 26.2 Å². The van der Waals surface area contributed by atoms with E-state index in [1.807, 2.05) is 13.0 Å². The molecule has 0 radical (unpaired) electrons. The van der Waals surface area contributed by atoms with Gasteiger partial charge in [-0.05, 0) is 37.5 Å². The largest absolute Gasteiger partial charge is 0.338 e. The maximum Gasteiger partial charge on any atom is 0.319 e. The van der Waals surface area contributed by atoms with E-state index >= 15 is 0 Å². The number of amides is 2. The van der Waals surface area contributed by atoms with Crippen LogP contribution in [-0.4, -0.2) is 12.6 Å². The molecule has 0 spiro atoms. The highest BCUT2D eigenvalue weighted by atomic mass is 35.5. The molecule has 1 aromatic rings. The van der Waals surface area contributed by atoms with Gasteiger partial charge in [0.15, 0.2) is 0 Å². The molecule has 18 heavy (non-hydrogen) atoms.